The van der Waals surface area contributed by atoms with E-state index in [9.17, 15) is 14.7 Å². The quantitative estimate of drug-likeness (QED) is 0.874. The van der Waals surface area contributed by atoms with Crippen LogP contribution in [-0.2, 0) is 18.4 Å². The molecule has 2 amide bonds. The summed E-state index contributed by atoms with van der Waals surface area (Å²) < 4.78 is 1.69. The van der Waals surface area contributed by atoms with E-state index in [-0.39, 0.29) is 11.9 Å². The third kappa shape index (κ3) is 3.34. The van der Waals surface area contributed by atoms with Crippen molar-refractivity contribution in [3.63, 3.8) is 0 Å². The average Bonchev–Trinajstić information content (AvgIpc) is 2.73. The number of carboxylic acids is 1. The second kappa shape index (κ2) is 6.15. The van der Waals surface area contributed by atoms with Crippen LogP contribution in [0.25, 0.3) is 0 Å². The molecule has 0 spiro atoms. The van der Waals surface area contributed by atoms with Gasteiger partial charge in [-0.2, -0.15) is 5.10 Å². The van der Waals surface area contributed by atoms with Gasteiger partial charge in [-0.05, 0) is 25.7 Å². The van der Waals surface area contributed by atoms with Crippen molar-refractivity contribution < 1.29 is 14.7 Å². The van der Waals surface area contributed by atoms with Gasteiger partial charge in [0.15, 0.2) is 0 Å². The van der Waals surface area contributed by atoms with Gasteiger partial charge in [0.1, 0.15) is 6.04 Å². The van der Waals surface area contributed by atoms with Crippen LogP contribution < -0.4 is 5.32 Å². The van der Waals surface area contributed by atoms with E-state index in [1.807, 2.05) is 27.1 Å². The first-order chi connectivity index (χ1) is 9.90. The van der Waals surface area contributed by atoms with Gasteiger partial charge in [-0.15, -0.1) is 0 Å². The van der Waals surface area contributed by atoms with E-state index in [1.165, 1.54) is 4.90 Å². The van der Waals surface area contributed by atoms with Crippen LogP contribution in [0.2, 0.25) is 0 Å². The van der Waals surface area contributed by atoms with Crippen LogP contribution in [0.15, 0.2) is 6.20 Å². The van der Waals surface area contributed by atoms with Crippen molar-refractivity contribution in [2.45, 2.75) is 39.3 Å². The Morgan fingerprint density at radius 3 is 2.81 bits per heavy atom. The number of aryl methyl sites for hydroxylation is 2. The lowest BCUT2D eigenvalue weighted by Crippen LogP contribution is -2.54. The summed E-state index contributed by atoms with van der Waals surface area (Å²) in [5.74, 6) is -0.961. The van der Waals surface area contributed by atoms with Crippen LogP contribution in [0.5, 0.6) is 0 Å². The first-order valence-corrected chi connectivity index (χ1v) is 7.16. The molecule has 2 rings (SSSR count). The molecule has 0 saturated carbocycles. The molecule has 1 fully saturated rings. The lowest BCUT2D eigenvalue weighted by molar-refractivity contribution is -0.145. The van der Waals surface area contributed by atoms with Crippen molar-refractivity contribution in [2.75, 3.05) is 6.54 Å². The van der Waals surface area contributed by atoms with E-state index < -0.39 is 12.0 Å². The van der Waals surface area contributed by atoms with Crippen LogP contribution in [0.1, 0.15) is 31.0 Å². The summed E-state index contributed by atoms with van der Waals surface area (Å²) in [6.07, 6.45) is 3.52. The molecular formula is C14H22N4O3. The molecule has 0 bridgehead atoms. The molecule has 2 atom stereocenters. The van der Waals surface area contributed by atoms with Crippen LogP contribution in [-0.4, -0.2) is 44.4 Å². The number of carbonyl (C=O) groups excluding carboxylic acids is 1. The largest absolute Gasteiger partial charge is 0.480 e. The molecule has 0 aliphatic carbocycles. The number of hydrogen-bond acceptors (Lipinski definition) is 3. The zero-order valence-electron chi connectivity index (χ0n) is 12.7. The Kier molecular flexibility index (Phi) is 4.50. The molecule has 2 heterocycles. The maximum absolute atomic E-state index is 12.3. The molecule has 1 aliphatic heterocycles. The molecular weight excluding hydrogens is 272 g/mol. The van der Waals surface area contributed by atoms with Gasteiger partial charge in [-0.3, -0.25) is 4.68 Å². The minimum atomic E-state index is -0.935. The monoisotopic (exact) mass is 294 g/mol. The summed E-state index contributed by atoms with van der Waals surface area (Å²) in [5, 5.41) is 16.3. The summed E-state index contributed by atoms with van der Waals surface area (Å²) in [4.78, 5) is 25.1. The van der Waals surface area contributed by atoms with Crippen LogP contribution in [0, 0.1) is 12.8 Å². The molecule has 7 nitrogen and oxygen atoms in total. The molecule has 2 unspecified atom stereocenters. The minimum Gasteiger partial charge on any atom is -0.480 e. The van der Waals surface area contributed by atoms with Crippen molar-refractivity contribution in [2.24, 2.45) is 13.0 Å². The third-order valence-electron chi connectivity index (χ3n) is 3.99. The lowest BCUT2D eigenvalue weighted by atomic mass is 9.91. The van der Waals surface area contributed by atoms with Gasteiger partial charge in [0.2, 0.25) is 0 Å². The van der Waals surface area contributed by atoms with Gasteiger partial charge in [0, 0.05) is 31.9 Å². The Hall–Kier alpha value is -2.05. The Balaban J connectivity index is 2.01. The highest BCUT2D eigenvalue weighted by atomic mass is 16.4. The number of amides is 2. The topological polar surface area (TPSA) is 87.5 Å². The Morgan fingerprint density at radius 2 is 2.24 bits per heavy atom. The number of urea groups is 1. The highest BCUT2D eigenvalue weighted by Gasteiger charge is 2.36. The van der Waals surface area contributed by atoms with Crippen molar-refractivity contribution in [1.82, 2.24) is 20.0 Å². The number of nitrogens with one attached hydrogen (secondary N) is 1. The van der Waals surface area contributed by atoms with Crippen LogP contribution in [0.3, 0.4) is 0 Å². The fourth-order valence-corrected chi connectivity index (χ4v) is 2.89. The van der Waals surface area contributed by atoms with Gasteiger partial charge >= 0.3 is 12.0 Å². The Bertz CT molecular complexity index is 540. The number of aromatic nitrogens is 2. The standard InChI is InChI=1S/C14H22N4O3/c1-9-5-4-6-18(12(9)13(19)20)14(21)15-7-11-8-17(3)16-10(11)2/h8-9,12H,4-7H2,1-3H3,(H,15,21)(H,19,20). The molecule has 0 aromatic carbocycles. The van der Waals surface area contributed by atoms with Gasteiger partial charge < -0.3 is 15.3 Å². The van der Waals surface area contributed by atoms with Crippen molar-refractivity contribution in [3.05, 3.63) is 17.5 Å². The Labute approximate surface area is 123 Å². The average molecular weight is 294 g/mol. The molecule has 1 saturated heterocycles. The van der Waals surface area contributed by atoms with Crippen molar-refractivity contribution in [3.8, 4) is 0 Å². The van der Waals surface area contributed by atoms with Crippen LogP contribution >= 0.6 is 0 Å². The molecule has 21 heavy (non-hydrogen) atoms. The maximum Gasteiger partial charge on any atom is 0.326 e. The molecule has 7 heteroatoms. The zero-order chi connectivity index (χ0) is 15.6. The molecule has 1 aliphatic rings. The number of piperidine rings is 1. The number of carbonyl (C=O) groups is 2. The van der Waals surface area contributed by atoms with E-state index in [0.717, 1.165) is 24.1 Å². The zero-order valence-corrected chi connectivity index (χ0v) is 12.7. The molecule has 1 aromatic heterocycles. The first-order valence-electron chi connectivity index (χ1n) is 7.16. The fraction of sp³-hybridized carbons (Fsp3) is 0.643. The summed E-state index contributed by atoms with van der Waals surface area (Å²) in [7, 11) is 1.82. The number of carboxylic acid groups (broad SMARTS) is 1. The summed E-state index contributed by atoms with van der Waals surface area (Å²) in [5.41, 5.74) is 1.79. The third-order valence-corrected chi connectivity index (χ3v) is 3.99. The number of hydrogen-bond donors (Lipinski definition) is 2. The van der Waals surface area contributed by atoms with Gasteiger partial charge in [-0.25, -0.2) is 9.59 Å². The summed E-state index contributed by atoms with van der Waals surface area (Å²) in [6.45, 7) is 4.60. The minimum absolute atomic E-state index is 0.0258. The predicted molar refractivity (Wildman–Crippen MR) is 76.7 cm³/mol. The van der Waals surface area contributed by atoms with E-state index in [4.69, 9.17) is 0 Å². The smallest absolute Gasteiger partial charge is 0.326 e. The molecule has 0 radical (unpaired) electrons. The number of aliphatic carboxylic acids is 1. The summed E-state index contributed by atoms with van der Waals surface area (Å²) >= 11 is 0. The first kappa shape index (κ1) is 15.3. The molecule has 116 valence electrons. The van der Waals surface area contributed by atoms with Gasteiger partial charge in [0.25, 0.3) is 0 Å². The van der Waals surface area contributed by atoms with Crippen molar-refractivity contribution >= 4 is 12.0 Å². The second-order valence-corrected chi connectivity index (χ2v) is 5.67. The van der Waals surface area contributed by atoms with E-state index in [0.29, 0.717) is 13.1 Å². The number of nitrogens with zero attached hydrogens (tertiary/aromatic N) is 3. The maximum atomic E-state index is 12.3. The highest BCUT2D eigenvalue weighted by Crippen LogP contribution is 2.23. The van der Waals surface area contributed by atoms with Crippen molar-refractivity contribution in [1.29, 1.82) is 0 Å². The number of likely N-dealkylation sites (tertiary alicyclic amines) is 1. The van der Waals surface area contributed by atoms with E-state index >= 15 is 0 Å². The van der Waals surface area contributed by atoms with Gasteiger partial charge in [-0.1, -0.05) is 6.92 Å². The fourth-order valence-electron chi connectivity index (χ4n) is 2.89. The molecule has 2 N–H and O–H groups in total. The number of rotatable bonds is 3. The summed E-state index contributed by atoms with van der Waals surface area (Å²) in [6, 6.07) is -1.06. The lowest BCUT2D eigenvalue weighted by Gasteiger charge is -2.37. The predicted octanol–water partition coefficient (Wildman–Crippen LogP) is 1.12. The van der Waals surface area contributed by atoms with Gasteiger partial charge in [0.05, 0.1) is 5.69 Å². The Morgan fingerprint density at radius 1 is 1.52 bits per heavy atom. The normalized spacial score (nSPS) is 22.1. The SMILES string of the molecule is Cc1nn(C)cc1CNC(=O)N1CCCC(C)C1C(=O)O. The molecule has 1 aromatic rings. The van der Waals surface area contributed by atoms with E-state index in [1.54, 1.807) is 4.68 Å². The second-order valence-electron chi connectivity index (χ2n) is 5.67. The highest BCUT2D eigenvalue weighted by molar-refractivity contribution is 5.83. The van der Waals surface area contributed by atoms with Crippen LogP contribution in [0.4, 0.5) is 4.79 Å². The van der Waals surface area contributed by atoms with E-state index in [2.05, 4.69) is 10.4 Å².